The Morgan fingerprint density at radius 2 is 1.52 bits per heavy atom. The van der Waals surface area contributed by atoms with E-state index in [1.54, 1.807) is 0 Å². The predicted octanol–water partition coefficient (Wildman–Crippen LogP) is -0.465. The summed E-state index contributed by atoms with van der Waals surface area (Å²) in [5.74, 6) is -1.25. The van der Waals surface area contributed by atoms with Gasteiger partial charge in [-0.1, -0.05) is 48.2 Å². The van der Waals surface area contributed by atoms with Gasteiger partial charge in [0.05, 0.1) is 59.3 Å². The zero-order valence-electron chi connectivity index (χ0n) is 17.1. The molecule has 14 radical (unpaired) electrons. The maximum Gasteiger partial charge on any atom is 0.137 e. The number of carbonyl (C=O) groups excluding carboxylic acids is 1. The summed E-state index contributed by atoms with van der Waals surface area (Å²) in [6, 6.07) is 0. The second kappa shape index (κ2) is 5.97. The first-order valence-corrected chi connectivity index (χ1v) is 10.1. The third-order valence-electron chi connectivity index (χ3n) is 8.54. The predicted molar refractivity (Wildman–Crippen MR) is 118 cm³/mol. The first-order valence-electron chi connectivity index (χ1n) is 10.1. The van der Waals surface area contributed by atoms with E-state index in [4.69, 9.17) is 54.9 Å². The first-order chi connectivity index (χ1) is 13.0. The van der Waals surface area contributed by atoms with Crippen LogP contribution < -0.4 is 0 Å². The Labute approximate surface area is 182 Å². The van der Waals surface area contributed by atoms with E-state index < -0.39 is 44.5 Å². The summed E-state index contributed by atoms with van der Waals surface area (Å²) in [7, 11) is 44.0. The summed E-state index contributed by atoms with van der Waals surface area (Å²) in [6.07, 6.45) is -0.792. The van der Waals surface area contributed by atoms with Crippen LogP contribution >= 0.6 is 0 Å². The molecule has 10 heteroatoms. The van der Waals surface area contributed by atoms with E-state index >= 15 is 0 Å². The molecule has 0 amide bonds. The Balaban J connectivity index is 1.90. The summed E-state index contributed by atoms with van der Waals surface area (Å²) >= 11 is 0. The van der Waals surface area contributed by atoms with Crippen LogP contribution in [-0.4, -0.2) is 83.1 Å². The Morgan fingerprint density at radius 3 is 2.10 bits per heavy atom. The fourth-order valence-corrected chi connectivity index (χ4v) is 7.73. The molecule has 3 saturated carbocycles. The fourth-order valence-electron chi connectivity index (χ4n) is 7.73. The number of carbonyl (C=O) groups is 1. The lowest BCUT2D eigenvalue weighted by molar-refractivity contribution is -0.145. The minimum Gasteiger partial charge on any atom is -0.394 e. The molecule has 0 aliphatic heterocycles. The number of aliphatic hydroxyl groups is 2. The number of ketones is 1. The second-order valence-corrected chi connectivity index (χ2v) is 10.8. The van der Waals surface area contributed by atoms with Crippen LogP contribution in [-0.2, 0) is 4.79 Å². The molecule has 136 valence electrons. The highest BCUT2D eigenvalue weighted by Crippen LogP contribution is 2.73. The number of hydrogen-bond donors (Lipinski definition) is 2. The standard InChI is InChI=1S/C19H21B7O3/c1-15-5-9(27)10-7(8(15)4-18(23,24)14(15)29)3-17(21,22)12-11(20)13(28)19(25,26)6-16(10,12)2/h7-10,14,27,29H,3-6H2,1-2H3/t7?,8?,9-,10?,14+,15?,16?/m0/s1. The topological polar surface area (TPSA) is 57.5 Å². The van der Waals surface area contributed by atoms with Gasteiger partial charge >= 0.3 is 0 Å². The second-order valence-electron chi connectivity index (χ2n) is 10.8. The number of aliphatic hydroxyl groups excluding tert-OH is 2. The molecule has 3 fully saturated rings. The number of rotatable bonds is 0. The molecule has 0 spiro atoms. The average molecular weight is 373 g/mol. The molecule has 2 N–H and O–H groups in total. The van der Waals surface area contributed by atoms with Crippen LogP contribution in [0.4, 0.5) is 0 Å². The monoisotopic (exact) mass is 374 g/mol. The van der Waals surface area contributed by atoms with Gasteiger partial charge in [-0.15, -0.1) is 0 Å². The molecule has 4 rings (SSSR count). The van der Waals surface area contributed by atoms with Crippen molar-refractivity contribution in [3.05, 3.63) is 11.0 Å². The molecule has 29 heavy (non-hydrogen) atoms. The smallest absolute Gasteiger partial charge is 0.137 e. The van der Waals surface area contributed by atoms with Crippen molar-refractivity contribution in [2.45, 2.75) is 67.4 Å². The molecule has 0 bridgehead atoms. The van der Waals surface area contributed by atoms with E-state index in [0.29, 0.717) is 18.4 Å². The Kier molecular flexibility index (Phi) is 4.53. The van der Waals surface area contributed by atoms with E-state index in [0.717, 1.165) is 0 Å². The maximum absolute atomic E-state index is 12.7. The number of hydrogen-bond acceptors (Lipinski definition) is 3. The quantitative estimate of drug-likeness (QED) is 0.565. The summed E-state index contributed by atoms with van der Waals surface area (Å²) in [5.41, 5.74) is -1.26. The van der Waals surface area contributed by atoms with Crippen LogP contribution in [0, 0.1) is 28.6 Å². The molecule has 4 aliphatic rings. The van der Waals surface area contributed by atoms with Crippen molar-refractivity contribution < 1.29 is 15.0 Å². The van der Waals surface area contributed by atoms with Crippen LogP contribution in [0.5, 0.6) is 0 Å². The summed E-state index contributed by atoms with van der Waals surface area (Å²) in [4.78, 5) is 12.7. The average Bonchev–Trinajstić information content (AvgIpc) is 2.71. The minimum absolute atomic E-state index is 0.0611. The Morgan fingerprint density at radius 1 is 0.931 bits per heavy atom. The molecule has 7 atom stereocenters. The normalized spacial score (nSPS) is 49.8. The third kappa shape index (κ3) is 2.70. The van der Waals surface area contributed by atoms with Crippen LogP contribution in [0.3, 0.4) is 0 Å². The van der Waals surface area contributed by atoms with Crippen LogP contribution in [0.25, 0.3) is 0 Å². The highest BCUT2D eigenvalue weighted by Gasteiger charge is 2.68. The van der Waals surface area contributed by atoms with Crippen molar-refractivity contribution in [2.75, 3.05) is 0 Å². The maximum atomic E-state index is 12.7. The molecule has 5 unspecified atom stereocenters. The lowest BCUT2D eigenvalue weighted by Gasteiger charge is -2.66. The largest absolute Gasteiger partial charge is 0.394 e. The van der Waals surface area contributed by atoms with Gasteiger partial charge in [0.15, 0.2) is 0 Å². The lowest BCUT2D eigenvalue weighted by atomic mass is 9.28. The molecule has 0 aromatic rings. The molecule has 0 saturated heterocycles. The molecule has 3 nitrogen and oxygen atoms in total. The van der Waals surface area contributed by atoms with Crippen molar-refractivity contribution >= 4 is 60.7 Å². The van der Waals surface area contributed by atoms with Gasteiger partial charge in [-0.25, -0.2) is 0 Å². The molecule has 0 heterocycles. The fraction of sp³-hybridized carbons (Fsp3) is 0.842. The van der Waals surface area contributed by atoms with E-state index in [1.165, 1.54) is 0 Å². The zero-order chi connectivity index (χ0) is 21.9. The van der Waals surface area contributed by atoms with E-state index in [2.05, 4.69) is 0 Å². The Hall–Kier alpha value is -0.215. The van der Waals surface area contributed by atoms with Gasteiger partial charge < -0.3 is 10.2 Å². The lowest BCUT2D eigenvalue weighted by Crippen LogP contribution is -2.61. The molecular weight excluding hydrogens is 352 g/mol. The third-order valence-corrected chi connectivity index (χ3v) is 8.54. The number of fused-ring (bicyclic) bond motifs is 5. The van der Waals surface area contributed by atoms with Gasteiger partial charge in [-0.05, 0) is 46.6 Å². The van der Waals surface area contributed by atoms with E-state index in [1.807, 2.05) is 13.8 Å². The number of allylic oxidation sites excluding steroid dienone is 1. The molecule has 4 aliphatic carbocycles. The molecular formula is C19H21B7O3. The van der Waals surface area contributed by atoms with Gasteiger partial charge in [0.1, 0.15) is 13.6 Å². The highest BCUT2D eigenvalue weighted by molar-refractivity contribution is 6.59. The molecule has 0 aromatic heterocycles. The Bertz CT molecular complexity index is 810. The minimum atomic E-state index is -1.68. The van der Waals surface area contributed by atoms with Crippen molar-refractivity contribution in [1.29, 1.82) is 0 Å². The van der Waals surface area contributed by atoms with Crippen LogP contribution in [0.15, 0.2) is 11.0 Å². The van der Waals surface area contributed by atoms with Crippen molar-refractivity contribution in [1.82, 2.24) is 0 Å². The van der Waals surface area contributed by atoms with E-state index in [9.17, 15) is 15.0 Å². The summed E-state index contributed by atoms with van der Waals surface area (Å²) in [6.45, 7) is 3.78. The highest BCUT2D eigenvalue weighted by atomic mass is 16.3. The van der Waals surface area contributed by atoms with Gasteiger partial charge in [0.25, 0.3) is 0 Å². The van der Waals surface area contributed by atoms with Gasteiger partial charge in [-0.3, -0.25) is 4.79 Å². The SMILES string of the molecule is [B]C1=C2C([B])([B])CC3C([C@@H](O)CC4(C)C3CC([B])([B])[C@@H]4O)C2(C)CC([B])([B])C1=O. The van der Waals surface area contributed by atoms with Gasteiger partial charge in [0, 0.05) is 0 Å². The van der Waals surface area contributed by atoms with Crippen LogP contribution in [0.2, 0.25) is 15.6 Å². The zero-order valence-corrected chi connectivity index (χ0v) is 17.1. The van der Waals surface area contributed by atoms with Crippen LogP contribution in [0.1, 0.15) is 39.5 Å². The van der Waals surface area contributed by atoms with Gasteiger partial charge in [-0.2, -0.15) is 0 Å². The van der Waals surface area contributed by atoms with Gasteiger partial charge in [0.2, 0.25) is 0 Å². The van der Waals surface area contributed by atoms with Crippen molar-refractivity contribution in [2.24, 2.45) is 28.6 Å². The molecule has 0 aromatic carbocycles. The summed E-state index contributed by atoms with van der Waals surface area (Å²) in [5, 5.41) is 17.8. The van der Waals surface area contributed by atoms with E-state index in [-0.39, 0.29) is 36.1 Å². The first kappa shape index (κ1) is 22.0. The van der Waals surface area contributed by atoms with Crippen molar-refractivity contribution in [3.8, 4) is 0 Å². The number of Topliss-reactive ketones (excluding diaryl/α,β-unsaturated/α-hetero) is 1. The summed E-state index contributed by atoms with van der Waals surface area (Å²) < 4.78 is 0. The van der Waals surface area contributed by atoms with Crippen molar-refractivity contribution in [3.63, 3.8) is 0 Å².